The largest absolute Gasteiger partial charge is 0.157 e. The normalized spacial score (nSPS) is 10.5. The Bertz CT molecular complexity index is 389. The molecule has 0 aliphatic carbocycles. The molecule has 1 heterocycles. The highest BCUT2D eigenvalue weighted by Crippen LogP contribution is 2.23. The number of halogens is 1. The molecule has 12 heavy (non-hydrogen) atoms. The van der Waals surface area contributed by atoms with Gasteiger partial charge in [0, 0.05) is 9.86 Å². The molecule has 0 saturated carbocycles. The molecule has 1 aromatic carbocycles. The van der Waals surface area contributed by atoms with Crippen LogP contribution in [0.25, 0.3) is 10.9 Å². The summed E-state index contributed by atoms with van der Waals surface area (Å²) in [4.78, 5) is 0. The minimum Gasteiger partial charge on any atom is -0.157 e. The lowest BCUT2D eigenvalue weighted by Crippen LogP contribution is -1.86. The maximum Gasteiger partial charge on any atom is 0.0943 e. The Morgan fingerprint density at radius 3 is 2.92 bits per heavy atom. The third-order valence-electron chi connectivity index (χ3n) is 1.83. The standard InChI is InChI=1S/C9H7BrN2/c1-6-3-2-4-8-9(6)7(10)5-11-12-8/h2-5H,1H3. The van der Waals surface area contributed by atoms with Gasteiger partial charge in [0.05, 0.1) is 11.7 Å². The summed E-state index contributed by atoms with van der Waals surface area (Å²) >= 11 is 3.45. The van der Waals surface area contributed by atoms with Crippen LogP contribution in [0.2, 0.25) is 0 Å². The molecular weight excluding hydrogens is 216 g/mol. The van der Waals surface area contributed by atoms with Gasteiger partial charge in [0.25, 0.3) is 0 Å². The summed E-state index contributed by atoms with van der Waals surface area (Å²) in [5.74, 6) is 0. The van der Waals surface area contributed by atoms with E-state index in [1.54, 1.807) is 6.20 Å². The van der Waals surface area contributed by atoms with Gasteiger partial charge in [-0.3, -0.25) is 0 Å². The Kier molecular flexibility index (Phi) is 1.81. The van der Waals surface area contributed by atoms with Gasteiger partial charge in [-0.05, 0) is 34.5 Å². The molecule has 3 heteroatoms. The summed E-state index contributed by atoms with van der Waals surface area (Å²) in [5, 5.41) is 9.03. The van der Waals surface area contributed by atoms with Gasteiger partial charge in [-0.2, -0.15) is 10.2 Å². The van der Waals surface area contributed by atoms with Gasteiger partial charge in [-0.15, -0.1) is 0 Å². The van der Waals surface area contributed by atoms with Crippen LogP contribution in [0.3, 0.4) is 0 Å². The molecule has 0 atom stereocenters. The zero-order valence-electron chi connectivity index (χ0n) is 6.58. The molecule has 2 nitrogen and oxygen atoms in total. The molecule has 0 unspecified atom stereocenters. The molecule has 0 radical (unpaired) electrons. The lowest BCUT2D eigenvalue weighted by molar-refractivity contribution is 1.07. The highest BCUT2D eigenvalue weighted by Gasteiger charge is 2.01. The molecule has 0 fully saturated rings. The van der Waals surface area contributed by atoms with Crippen molar-refractivity contribution in [1.82, 2.24) is 10.2 Å². The summed E-state index contributed by atoms with van der Waals surface area (Å²) in [5.41, 5.74) is 2.15. The number of hydrogen-bond acceptors (Lipinski definition) is 2. The zero-order valence-corrected chi connectivity index (χ0v) is 8.17. The van der Waals surface area contributed by atoms with E-state index >= 15 is 0 Å². The van der Waals surface area contributed by atoms with Crippen LogP contribution in [0, 0.1) is 6.92 Å². The van der Waals surface area contributed by atoms with Crippen LogP contribution in [0.5, 0.6) is 0 Å². The fourth-order valence-electron chi connectivity index (χ4n) is 1.25. The van der Waals surface area contributed by atoms with Crippen molar-refractivity contribution in [2.75, 3.05) is 0 Å². The number of aryl methyl sites for hydroxylation is 1. The van der Waals surface area contributed by atoms with Crippen molar-refractivity contribution in [3.05, 3.63) is 34.4 Å². The SMILES string of the molecule is Cc1cccc2nncc(Br)c12. The summed E-state index contributed by atoms with van der Waals surface area (Å²) in [6.45, 7) is 2.06. The third-order valence-corrected chi connectivity index (χ3v) is 2.43. The van der Waals surface area contributed by atoms with Crippen molar-refractivity contribution in [2.24, 2.45) is 0 Å². The second-order valence-corrected chi connectivity index (χ2v) is 3.52. The predicted molar refractivity (Wildman–Crippen MR) is 52.0 cm³/mol. The number of benzene rings is 1. The van der Waals surface area contributed by atoms with Crippen LogP contribution < -0.4 is 0 Å². The third kappa shape index (κ3) is 1.10. The van der Waals surface area contributed by atoms with E-state index in [9.17, 15) is 0 Å². The van der Waals surface area contributed by atoms with Crippen LogP contribution >= 0.6 is 15.9 Å². The lowest BCUT2D eigenvalue weighted by atomic mass is 10.1. The lowest BCUT2D eigenvalue weighted by Gasteiger charge is -2.00. The predicted octanol–water partition coefficient (Wildman–Crippen LogP) is 2.70. The molecule has 0 saturated heterocycles. The highest BCUT2D eigenvalue weighted by molar-refractivity contribution is 9.10. The first kappa shape index (κ1) is 7.68. The monoisotopic (exact) mass is 222 g/mol. The Balaban J connectivity index is 2.96. The number of fused-ring (bicyclic) bond motifs is 1. The van der Waals surface area contributed by atoms with E-state index < -0.39 is 0 Å². The van der Waals surface area contributed by atoms with E-state index in [0.717, 1.165) is 15.4 Å². The molecule has 0 N–H and O–H groups in total. The first-order chi connectivity index (χ1) is 5.79. The molecule has 1 aromatic heterocycles. The first-order valence-electron chi connectivity index (χ1n) is 3.65. The summed E-state index contributed by atoms with van der Waals surface area (Å²) in [6, 6.07) is 6.01. The van der Waals surface area contributed by atoms with Crippen LogP contribution in [0.15, 0.2) is 28.9 Å². The van der Waals surface area contributed by atoms with Crippen molar-refractivity contribution < 1.29 is 0 Å². The van der Waals surface area contributed by atoms with Crippen molar-refractivity contribution in [1.29, 1.82) is 0 Å². The van der Waals surface area contributed by atoms with Gasteiger partial charge < -0.3 is 0 Å². The Labute approximate surface area is 78.8 Å². The Morgan fingerprint density at radius 1 is 1.33 bits per heavy atom. The van der Waals surface area contributed by atoms with E-state index in [1.807, 2.05) is 12.1 Å². The maximum atomic E-state index is 4.02. The van der Waals surface area contributed by atoms with Crippen LogP contribution in [-0.2, 0) is 0 Å². The fraction of sp³-hybridized carbons (Fsp3) is 0.111. The molecule has 2 aromatic rings. The van der Waals surface area contributed by atoms with Crippen LogP contribution in [-0.4, -0.2) is 10.2 Å². The number of rotatable bonds is 0. The number of aromatic nitrogens is 2. The van der Waals surface area contributed by atoms with Gasteiger partial charge in [0.2, 0.25) is 0 Å². The van der Waals surface area contributed by atoms with Crippen molar-refractivity contribution in [3.63, 3.8) is 0 Å². The second kappa shape index (κ2) is 2.83. The summed E-state index contributed by atoms with van der Waals surface area (Å²) in [7, 11) is 0. The zero-order chi connectivity index (χ0) is 8.55. The molecule has 2 rings (SSSR count). The smallest absolute Gasteiger partial charge is 0.0943 e. The first-order valence-corrected chi connectivity index (χ1v) is 4.45. The molecule has 60 valence electrons. The van der Waals surface area contributed by atoms with E-state index in [1.165, 1.54) is 5.56 Å². The van der Waals surface area contributed by atoms with Crippen LogP contribution in [0.1, 0.15) is 5.56 Å². The highest BCUT2D eigenvalue weighted by atomic mass is 79.9. The van der Waals surface area contributed by atoms with E-state index in [0.29, 0.717) is 0 Å². The number of hydrogen-bond donors (Lipinski definition) is 0. The quantitative estimate of drug-likeness (QED) is 0.686. The Hall–Kier alpha value is -0.960. The molecule has 0 spiro atoms. The van der Waals surface area contributed by atoms with E-state index in [-0.39, 0.29) is 0 Å². The molecule has 0 aliphatic rings. The van der Waals surface area contributed by atoms with Gasteiger partial charge in [-0.1, -0.05) is 12.1 Å². The molecule has 0 amide bonds. The molecule has 0 bridgehead atoms. The van der Waals surface area contributed by atoms with E-state index in [4.69, 9.17) is 0 Å². The van der Waals surface area contributed by atoms with E-state index in [2.05, 4.69) is 39.1 Å². The topological polar surface area (TPSA) is 25.8 Å². The van der Waals surface area contributed by atoms with Gasteiger partial charge in [0.1, 0.15) is 0 Å². The minimum atomic E-state index is 0.935. The Morgan fingerprint density at radius 2 is 2.17 bits per heavy atom. The van der Waals surface area contributed by atoms with Gasteiger partial charge in [-0.25, -0.2) is 0 Å². The maximum absolute atomic E-state index is 4.02. The molecular formula is C9H7BrN2. The molecule has 0 aliphatic heterocycles. The second-order valence-electron chi connectivity index (χ2n) is 2.66. The fourth-order valence-corrected chi connectivity index (χ4v) is 1.86. The van der Waals surface area contributed by atoms with Gasteiger partial charge >= 0.3 is 0 Å². The summed E-state index contributed by atoms with van der Waals surface area (Å²) < 4.78 is 1.01. The van der Waals surface area contributed by atoms with Crippen LogP contribution in [0.4, 0.5) is 0 Å². The van der Waals surface area contributed by atoms with Crippen molar-refractivity contribution in [3.8, 4) is 0 Å². The minimum absolute atomic E-state index is 0.935. The van der Waals surface area contributed by atoms with Crippen molar-refractivity contribution >= 4 is 26.8 Å². The average Bonchev–Trinajstić information content (AvgIpc) is 2.04. The average molecular weight is 223 g/mol. The summed E-state index contributed by atoms with van der Waals surface area (Å²) in [6.07, 6.45) is 1.72. The van der Waals surface area contributed by atoms with Crippen molar-refractivity contribution in [2.45, 2.75) is 6.92 Å². The number of nitrogens with zero attached hydrogens (tertiary/aromatic N) is 2. The van der Waals surface area contributed by atoms with Gasteiger partial charge in [0.15, 0.2) is 0 Å².